The molecule has 0 unspecified atom stereocenters. The van der Waals surface area contributed by atoms with Crippen LogP contribution in [0.4, 0.5) is 0 Å². The van der Waals surface area contributed by atoms with E-state index in [1.54, 1.807) is 10.6 Å². The highest BCUT2D eigenvalue weighted by Gasteiger charge is 2.20. The Bertz CT molecular complexity index is 1250. The maximum absolute atomic E-state index is 13.2. The summed E-state index contributed by atoms with van der Waals surface area (Å²) in [5, 5.41) is 4.01. The van der Waals surface area contributed by atoms with Crippen LogP contribution >= 0.6 is 34.5 Å². The standard InChI is InChI=1S/C21H22ClN3O2S2/c1-12-6-7-14(13(2)8-12)9-16-20(27)25(11-15-19(22)29-24-23-15)18(28-16)10-17(26)21(3,4)5/h6-10H,11H2,1-5H3/b16-9-,18-10+. The third kappa shape index (κ3) is 4.91. The molecule has 0 spiro atoms. The van der Waals surface area contributed by atoms with E-state index in [1.807, 2.05) is 52.8 Å². The summed E-state index contributed by atoms with van der Waals surface area (Å²) in [5.41, 5.74) is 3.04. The summed E-state index contributed by atoms with van der Waals surface area (Å²) in [6.07, 6.45) is 3.41. The molecule has 2 heterocycles. The van der Waals surface area contributed by atoms with Gasteiger partial charge in [-0.1, -0.05) is 60.6 Å². The predicted molar refractivity (Wildman–Crippen MR) is 120 cm³/mol. The molecule has 0 radical (unpaired) electrons. The van der Waals surface area contributed by atoms with E-state index in [4.69, 9.17) is 11.6 Å². The van der Waals surface area contributed by atoms with Gasteiger partial charge in [-0.3, -0.25) is 14.2 Å². The summed E-state index contributed by atoms with van der Waals surface area (Å²) in [5.74, 6) is -0.0481. The lowest BCUT2D eigenvalue weighted by molar-refractivity contribution is -0.120. The van der Waals surface area contributed by atoms with Crippen molar-refractivity contribution in [1.82, 2.24) is 14.2 Å². The average molecular weight is 448 g/mol. The predicted octanol–water partition coefficient (Wildman–Crippen LogP) is 3.30. The molecule has 8 heteroatoms. The van der Waals surface area contributed by atoms with E-state index in [0.717, 1.165) is 22.7 Å². The van der Waals surface area contributed by atoms with Gasteiger partial charge in [-0.05, 0) is 31.1 Å². The zero-order valence-corrected chi connectivity index (χ0v) is 19.3. The fourth-order valence-corrected chi connectivity index (χ4v) is 4.34. The zero-order valence-electron chi connectivity index (χ0n) is 16.9. The molecule has 1 aromatic carbocycles. The molecule has 5 nitrogen and oxygen atoms in total. The Hall–Kier alpha value is -2.09. The summed E-state index contributed by atoms with van der Waals surface area (Å²) >= 11 is 8.51. The molecule has 0 aliphatic carbocycles. The maximum Gasteiger partial charge on any atom is 0.269 e. The fourth-order valence-electron chi connectivity index (χ4n) is 2.69. The molecular weight excluding hydrogens is 426 g/mol. The maximum atomic E-state index is 13.2. The second-order valence-electron chi connectivity index (χ2n) is 7.95. The molecule has 0 N–H and O–H groups in total. The quantitative estimate of drug-likeness (QED) is 0.615. The number of hydrogen-bond donors (Lipinski definition) is 0. The average Bonchev–Trinajstić information content (AvgIpc) is 3.15. The van der Waals surface area contributed by atoms with Crippen LogP contribution in [0.25, 0.3) is 12.2 Å². The van der Waals surface area contributed by atoms with Crippen LogP contribution in [0.3, 0.4) is 0 Å². The number of carbonyl (C=O) groups is 1. The van der Waals surface area contributed by atoms with Crippen molar-refractivity contribution >= 4 is 52.4 Å². The van der Waals surface area contributed by atoms with Gasteiger partial charge in [-0.2, -0.15) is 0 Å². The lowest BCUT2D eigenvalue weighted by atomic mass is 9.91. The van der Waals surface area contributed by atoms with Crippen LogP contribution in [0.15, 0.2) is 23.0 Å². The molecule has 0 saturated carbocycles. The number of aryl methyl sites for hydroxylation is 2. The Morgan fingerprint density at radius 1 is 1.28 bits per heavy atom. The number of ketones is 1. The molecule has 0 bridgehead atoms. The van der Waals surface area contributed by atoms with Gasteiger partial charge in [0.05, 0.1) is 11.1 Å². The molecule has 29 heavy (non-hydrogen) atoms. The van der Waals surface area contributed by atoms with Crippen LogP contribution in [-0.4, -0.2) is 19.9 Å². The molecule has 2 aromatic heterocycles. The minimum Gasteiger partial charge on any atom is -0.294 e. The molecule has 0 atom stereocenters. The van der Waals surface area contributed by atoms with Gasteiger partial charge in [-0.15, -0.1) is 16.4 Å². The van der Waals surface area contributed by atoms with E-state index in [9.17, 15) is 9.59 Å². The first-order chi connectivity index (χ1) is 13.6. The lowest BCUT2D eigenvalue weighted by Gasteiger charge is -2.12. The summed E-state index contributed by atoms with van der Waals surface area (Å²) in [7, 11) is 0. The number of rotatable bonds is 4. The van der Waals surface area contributed by atoms with Crippen molar-refractivity contribution < 1.29 is 4.79 Å². The minimum absolute atomic E-state index is 0.0481. The van der Waals surface area contributed by atoms with Gasteiger partial charge in [-0.25, -0.2) is 0 Å². The Labute approximate surface area is 182 Å². The zero-order chi connectivity index (χ0) is 21.3. The summed E-state index contributed by atoms with van der Waals surface area (Å²) in [6, 6.07) is 6.09. The summed E-state index contributed by atoms with van der Waals surface area (Å²) in [6.45, 7) is 9.78. The lowest BCUT2D eigenvalue weighted by Crippen LogP contribution is -2.33. The number of hydrogen-bond acceptors (Lipinski definition) is 6. The number of nitrogens with zero attached hydrogens (tertiary/aromatic N) is 3. The first kappa shape index (κ1) is 21.6. The summed E-state index contributed by atoms with van der Waals surface area (Å²) in [4.78, 5) is 25.8. The van der Waals surface area contributed by atoms with Crippen molar-refractivity contribution in [1.29, 1.82) is 0 Å². The first-order valence-corrected chi connectivity index (χ1v) is 11.0. The topological polar surface area (TPSA) is 64.8 Å². The molecule has 3 aromatic rings. The fraction of sp³-hybridized carbons (Fsp3) is 0.333. The minimum atomic E-state index is -0.540. The number of Topliss-reactive ketones (excluding diaryl/α,β-unsaturated/α-hetero) is 1. The molecule has 152 valence electrons. The van der Waals surface area contributed by atoms with Crippen LogP contribution in [0.2, 0.25) is 4.34 Å². The number of thiazole rings is 1. The SMILES string of the molecule is Cc1ccc(/C=c2\s/c(=C/C(=O)C(C)(C)C)n(Cc3nnsc3Cl)c2=O)c(C)c1. The second-order valence-corrected chi connectivity index (χ2v) is 10.4. The van der Waals surface area contributed by atoms with E-state index >= 15 is 0 Å². The Kier molecular flexibility index (Phi) is 6.22. The number of benzene rings is 1. The Morgan fingerprint density at radius 2 is 2.00 bits per heavy atom. The van der Waals surface area contributed by atoms with Gasteiger partial charge in [0, 0.05) is 23.0 Å². The van der Waals surface area contributed by atoms with Crippen molar-refractivity contribution in [3.8, 4) is 0 Å². The first-order valence-electron chi connectivity index (χ1n) is 9.08. The molecule has 0 fully saturated rings. The molecule has 0 amide bonds. The summed E-state index contributed by atoms with van der Waals surface area (Å²) < 4.78 is 6.96. The van der Waals surface area contributed by atoms with Crippen molar-refractivity contribution in [3.05, 3.63) is 64.5 Å². The van der Waals surface area contributed by atoms with E-state index < -0.39 is 5.41 Å². The number of carbonyl (C=O) groups excluding carboxylic acids is 1. The van der Waals surface area contributed by atoms with Gasteiger partial charge in [0.1, 0.15) is 14.7 Å². The van der Waals surface area contributed by atoms with Crippen molar-refractivity contribution in [2.45, 2.75) is 41.2 Å². The van der Waals surface area contributed by atoms with Crippen molar-refractivity contribution in [2.75, 3.05) is 0 Å². The number of halogens is 1. The van der Waals surface area contributed by atoms with E-state index in [-0.39, 0.29) is 17.9 Å². The Balaban J connectivity index is 2.22. The van der Waals surface area contributed by atoms with Crippen LogP contribution in [0.1, 0.15) is 43.2 Å². The van der Waals surface area contributed by atoms with Gasteiger partial charge < -0.3 is 0 Å². The van der Waals surface area contributed by atoms with Crippen LogP contribution in [0, 0.1) is 19.3 Å². The van der Waals surface area contributed by atoms with E-state index in [1.165, 1.54) is 16.9 Å². The third-order valence-electron chi connectivity index (χ3n) is 4.46. The highest BCUT2D eigenvalue weighted by Crippen LogP contribution is 2.18. The highest BCUT2D eigenvalue weighted by molar-refractivity contribution is 7.10. The third-order valence-corrected chi connectivity index (χ3v) is 6.50. The Morgan fingerprint density at radius 3 is 2.59 bits per heavy atom. The van der Waals surface area contributed by atoms with E-state index in [2.05, 4.69) is 15.7 Å². The largest absolute Gasteiger partial charge is 0.294 e. The van der Waals surface area contributed by atoms with Gasteiger partial charge >= 0.3 is 0 Å². The van der Waals surface area contributed by atoms with Gasteiger partial charge in [0.25, 0.3) is 5.56 Å². The smallest absolute Gasteiger partial charge is 0.269 e. The van der Waals surface area contributed by atoms with Gasteiger partial charge in [0.2, 0.25) is 0 Å². The molecular formula is C21H22ClN3O2S2. The monoisotopic (exact) mass is 447 g/mol. The molecule has 0 saturated heterocycles. The number of aromatic nitrogens is 3. The molecule has 3 rings (SSSR count). The van der Waals surface area contributed by atoms with Crippen molar-refractivity contribution in [2.24, 2.45) is 5.41 Å². The van der Waals surface area contributed by atoms with E-state index in [0.29, 0.717) is 19.2 Å². The van der Waals surface area contributed by atoms with Gasteiger partial charge in [0.15, 0.2) is 5.78 Å². The highest BCUT2D eigenvalue weighted by atomic mass is 35.5. The van der Waals surface area contributed by atoms with Crippen LogP contribution < -0.4 is 14.8 Å². The molecule has 0 aliphatic heterocycles. The molecule has 0 aliphatic rings. The second kappa shape index (κ2) is 8.34. The normalized spacial score (nSPS) is 13.3. The van der Waals surface area contributed by atoms with Crippen LogP contribution in [0.5, 0.6) is 0 Å². The van der Waals surface area contributed by atoms with Crippen molar-refractivity contribution in [3.63, 3.8) is 0 Å². The van der Waals surface area contributed by atoms with Crippen LogP contribution in [-0.2, 0) is 11.3 Å².